The maximum Gasteiger partial charge on any atom is 0.254 e. The molecule has 6 nitrogen and oxygen atoms in total. The van der Waals surface area contributed by atoms with Crippen molar-refractivity contribution < 1.29 is 19.0 Å². The van der Waals surface area contributed by atoms with Gasteiger partial charge >= 0.3 is 0 Å². The Labute approximate surface area is 187 Å². The zero-order chi connectivity index (χ0) is 22.2. The molecule has 1 amide bonds. The van der Waals surface area contributed by atoms with Crippen molar-refractivity contribution in [1.29, 1.82) is 0 Å². The first-order chi connectivity index (χ1) is 15.0. The zero-order valence-corrected chi connectivity index (χ0v) is 19.2. The van der Waals surface area contributed by atoms with Crippen LogP contribution >= 0.6 is 11.3 Å². The van der Waals surface area contributed by atoms with E-state index in [9.17, 15) is 4.79 Å². The van der Waals surface area contributed by atoms with Crippen molar-refractivity contribution in [2.24, 2.45) is 0 Å². The van der Waals surface area contributed by atoms with Crippen LogP contribution in [0.25, 0.3) is 0 Å². The molecule has 0 aliphatic carbocycles. The predicted octanol–water partition coefficient (Wildman–Crippen LogP) is 4.64. The lowest BCUT2D eigenvalue weighted by molar-refractivity contribution is 0.0678. The van der Waals surface area contributed by atoms with E-state index in [0.29, 0.717) is 37.6 Å². The molecule has 3 rings (SSSR count). The van der Waals surface area contributed by atoms with Crippen LogP contribution in [-0.4, -0.2) is 43.2 Å². The summed E-state index contributed by atoms with van der Waals surface area (Å²) < 4.78 is 16.3. The van der Waals surface area contributed by atoms with E-state index in [4.69, 9.17) is 14.2 Å². The minimum atomic E-state index is -0.0688. The molecule has 31 heavy (non-hydrogen) atoms. The molecule has 0 saturated carbocycles. The maximum absolute atomic E-state index is 13.0. The second-order valence-electron chi connectivity index (χ2n) is 7.29. The Morgan fingerprint density at radius 1 is 1.03 bits per heavy atom. The monoisotopic (exact) mass is 440 g/mol. The molecule has 7 heteroatoms. The molecule has 164 valence electrons. The topological polar surface area (TPSA) is 60.9 Å². The average molecular weight is 441 g/mol. The van der Waals surface area contributed by atoms with Crippen LogP contribution in [-0.2, 0) is 17.9 Å². The zero-order valence-electron chi connectivity index (χ0n) is 18.4. The van der Waals surface area contributed by atoms with Crippen molar-refractivity contribution in [1.82, 2.24) is 9.88 Å². The maximum atomic E-state index is 13.0. The van der Waals surface area contributed by atoms with Gasteiger partial charge in [-0.1, -0.05) is 6.07 Å². The number of hydrogen-bond donors (Lipinski definition) is 0. The van der Waals surface area contributed by atoms with E-state index in [0.717, 1.165) is 16.5 Å². The van der Waals surface area contributed by atoms with Crippen molar-refractivity contribution in [3.05, 3.63) is 75.2 Å². The molecule has 0 radical (unpaired) electrons. The van der Waals surface area contributed by atoms with E-state index in [1.807, 2.05) is 17.5 Å². The van der Waals surface area contributed by atoms with E-state index in [2.05, 4.69) is 24.9 Å². The van der Waals surface area contributed by atoms with Crippen molar-refractivity contribution in [2.75, 3.05) is 27.4 Å². The Hall–Kier alpha value is -2.90. The molecular formula is C24H28N2O4S. The van der Waals surface area contributed by atoms with Crippen molar-refractivity contribution in [3.8, 4) is 11.5 Å². The highest BCUT2D eigenvalue weighted by molar-refractivity contribution is 7.09. The number of hydrogen-bond acceptors (Lipinski definition) is 6. The Bertz CT molecular complexity index is 981. The van der Waals surface area contributed by atoms with Gasteiger partial charge in [-0.25, -0.2) is 4.98 Å². The summed E-state index contributed by atoms with van der Waals surface area (Å²) in [6.07, 6.45) is 0. The number of carbonyl (C=O) groups is 1. The summed E-state index contributed by atoms with van der Waals surface area (Å²) in [5.41, 5.74) is 3.77. The van der Waals surface area contributed by atoms with Crippen LogP contribution in [0.2, 0.25) is 0 Å². The minimum absolute atomic E-state index is 0.0688. The number of rotatable bonds is 10. The number of aromatic nitrogens is 1. The quantitative estimate of drug-likeness (QED) is 0.460. The van der Waals surface area contributed by atoms with Gasteiger partial charge < -0.3 is 19.1 Å². The van der Waals surface area contributed by atoms with Crippen LogP contribution in [0.4, 0.5) is 0 Å². The first-order valence-electron chi connectivity index (χ1n) is 10.0. The van der Waals surface area contributed by atoms with Crippen molar-refractivity contribution in [3.63, 3.8) is 0 Å². The second kappa shape index (κ2) is 10.9. The number of aryl methyl sites for hydroxylation is 2. The summed E-state index contributed by atoms with van der Waals surface area (Å²) in [5, 5.41) is 2.85. The Kier molecular flexibility index (Phi) is 8.03. The molecule has 0 spiro atoms. The molecule has 0 aliphatic rings. The molecule has 0 saturated heterocycles. The lowest BCUT2D eigenvalue weighted by atomic mass is 10.1. The van der Waals surface area contributed by atoms with Crippen LogP contribution < -0.4 is 9.47 Å². The number of benzene rings is 2. The average Bonchev–Trinajstić information content (AvgIpc) is 3.21. The van der Waals surface area contributed by atoms with Gasteiger partial charge in [0.25, 0.3) is 5.91 Å². The summed E-state index contributed by atoms with van der Waals surface area (Å²) in [6.45, 7) is 5.85. The molecule has 1 aromatic heterocycles. The summed E-state index contributed by atoms with van der Waals surface area (Å²) in [6, 6.07) is 13.3. The highest BCUT2D eigenvalue weighted by Crippen LogP contribution is 2.20. The number of methoxy groups -OCH3 is 2. The summed E-state index contributed by atoms with van der Waals surface area (Å²) in [5.74, 6) is 1.49. The molecular weight excluding hydrogens is 412 g/mol. The number of amides is 1. The summed E-state index contributed by atoms with van der Waals surface area (Å²) in [4.78, 5) is 19.4. The third kappa shape index (κ3) is 6.54. The molecule has 2 aromatic carbocycles. The molecule has 0 fully saturated rings. The second-order valence-corrected chi connectivity index (χ2v) is 8.24. The van der Waals surface area contributed by atoms with E-state index in [1.54, 1.807) is 43.4 Å². The number of ether oxygens (including phenoxy) is 3. The largest absolute Gasteiger partial charge is 0.497 e. The normalized spacial score (nSPS) is 10.7. The van der Waals surface area contributed by atoms with Crippen LogP contribution in [0.5, 0.6) is 11.5 Å². The van der Waals surface area contributed by atoms with E-state index < -0.39 is 0 Å². The molecule has 0 unspecified atom stereocenters. The fourth-order valence-corrected chi connectivity index (χ4v) is 3.91. The summed E-state index contributed by atoms with van der Waals surface area (Å²) in [7, 11) is 3.23. The van der Waals surface area contributed by atoms with E-state index >= 15 is 0 Å². The van der Waals surface area contributed by atoms with Gasteiger partial charge in [0.15, 0.2) is 0 Å². The van der Waals surface area contributed by atoms with Crippen LogP contribution in [0.3, 0.4) is 0 Å². The van der Waals surface area contributed by atoms with Gasteiger partial charge in [-0.2, -0.15) is 0 Å². The first kappa shape index (κ1) is 22.8. The molecule has 3 aromatic rings. The van der Waals surface area contributed by atoms with Gasteiger partial charge in [-0.15, -0.1) is 11.3 Å². The van der Waals surface area contributed by atoms with E-state index in [1.165, 1.54) is 22.5 Å². The molecule has 1 heterocycles. The molecule has 0 atom stereocenters. The fourth-order valence-electron chi connectivity index (χ4n) is 3.21. The number of nitrogens with zero attached hydrogens (tertiary/aromatic N) is 2. The Morgan fingerprint density at radius 2 is 1.74 bits per heavy atom. The van der Waals surface area contributed by atoms with Gasteiger partial charge in [-0.3, -0.25) is 4.79 Å². The third-order valence-electron chi connectivity index (χ3n) is 4.70. The lowest BCUT2D eigenvalue weighted by Gasteiger charge is -2.21. The number of thiazole rings is 1. The predicted molar refractivity (Wildman–Crippen MR) is 122 cm³/mol. The van der Waals surface area contributed by atoms with Crippen LogP contribution in [0.15, 0.2) is 47.8 Å². The third-order valence-corrected chi connectivity index (χ3v) is 5.57. The van der Waals surface area contributed by atoms with Gasteiger partial charge in [-0.05, 0) is 61.4 Å². The van der Waals surface area contributed by atoms with Gasteiger partial charge in [0, 0.05) is 24.6 Å². The van der Waals surface area contributed by atoms with Crippen LogP contribution in [0, 0.1) is 13.8 Å². The molecule has 0 aliphatic heterocycles. The first-order valence-corrected chi connectivity index (χ1v) is 10.9. The van der Waals surface area contributed by atoms with Gasteiger partial charge in [0.2, 0.25) is 0 Å². The van der Waals surface area contributed by atoms with E-state index in [-0.39, 0.29) is 5.91 Å². The number of carbonyl (C=O) groups excluding carboxylic acids is 1. The molecule has 0 N–H and O–H groups in total. The summed E-state index contributed by atoms with van der Waals surface area (Å²) >= 11 is 1.53. The fraction of sp³-hybridized carbons (Fsp3) is 0.333. The highest BCUT2D eigenvalue weighted by Gasteiger charge is 2.18. The Morgan fingerprint density at radius 3 is 2.39 bits per heavy atom. The Balaban J connectivity index is 1.65. The highest BCUT2D eigenvalue weighted by atomic mass is 32.1. The minimum Gasteiger partial charge on any atom is -0.497 e. The van der Waals surface area contributed by atoms with Crippen molar-refractivity contribution in [2.45, 2.75) is 27.0 Å². The molecule has 0 bridgehead atoms. The smallest absolute Gasteiger partial charge is 0.254 e. The van der Waals surface area contributed by atoms with Gasteiger partial charge in [0.05, 0.1) is 26.0 Å². The lowest BCUT2D eigenvalue weighted by Crippen LogP contribution is -2.33. The van der Waals surface area contributed by atoms with Crippen molar-refractivity contribution >= 4 is 17.2 Å². The van der Waals surface area contributed by atoms with Crippen LogP contribution in [0.1, 0.15) is 32.2 Å². The van der Waals surface area contributed by atoms with Gasteiger partial charge in [0.1, 0.15) is 23.1 Å². The standard InChI is InChI=1S/C24H28N2O4S/c1-17-11-18(2)13-22(12-17)30-15-23-25-20(16-31-23)14-26(9-10-28-3)24(27)19-5-7-21(29-4)8-6-19/h5-8,11-13,16H,9-10,14-15H2,1-4H3. The SMILES string of the molecule is COCCN(Cc1csc(COc2cc(C)cc(C)c2)n1)C(=O)c1ccc(OC)cc1.